The van der Waals surface area contributed by atoms with E-state index in [2.05, 4.69) is 47.7 Å². The molecular weight excluding hydrogens is 362 g/mol. The zero-order chi connectivity index (χ0) is 20.8. The van der Waals surface area contributed by atoms with Crippen LogP contribution in [0.25, 0.3) is 0 Å². The second kappa shape index (κ2) is 9.65. The molecule has 2 atom stereocenters. The topological polar surface area (TPSA) is 82.4 Å². The third kappa shape index (κ3) is 5.41. The highest BCUT2D eigenvalue weighted by Crippen LogP contribution is 2.33. The van der Waals surface area contributed by atoms with Crippen LogP contribution >= 0.6 is 0 Å². The quantitative estimate of drug-likeness (QED) is 0.615. The molecule has 6 nitrogen and oxygen atoms in total. The van der Waals surface area contributed by atoms with Crippen LogP contribution in [0.1, 0.15) is 45.4 Å². The van der Waals surface area contributed by atoms with E-state index in [1.165, 1.54) is 11.1 Å². The second-order valence-corrected chi connectivity index (χ2v) is 7.78. The van der Waals surface area contributed by atoms with E-state index in [0.717, 1.165) is 24.2 Å². The van der Waals surface area contributed by atoms with Crippen molar-refractivity contribution in [2.75, 3.05) is 10.6 Å². The van der Waals surface area contributed by atoms with Crippen LogP contribution in [0, 0.1) is 5.92 Å². The number of hydrogen-bond donors (Lipinski definition) is 3. The summed E-state index contributed by atoms with van der Waals surface area (Å²) in [6.45, 7) is 8.83. The average Bonchev–Trinajstić information content (AvgIpc) is 2.93. The minimum absolute atomic E-state index is 0.107. The predicted octanol–water partition coefficient (Wildman–Crippen LogP) is 4.50. The Morgan fingerprint density at radius 2 is 1.86 bits per heavy atom. The molecule has 1 aliphatic heterocycles. The summed E-state index contributed by atoms with van der Waals surface area (Å²) in [4.78, 5) is 14.1. The fraction of sp³-hybridized carbons (Fsp3) is 0.435. The number of nitrogens with zero attached hydrogens (tertiary/aromatic N) is 3. The molecule has 0 spiro atoms. The molecule has 6 heteroatoms. The highest BCUT2D eigenvalue weighted by molar-refractivity contribution is 5.81. The van der Waals surface area contributed by atoms with Crippen LogP contribution in [-0.2, 0) is 13.0 Å². The number of anilines is 2. The largest absolute Gasteiger partial charge is 0.391 e. The lowest BCUT2D eigenvalue weighted by Gasteiger charge is -2.21. The summed E-state index contributed by atoms with van der Waals surface area (Å²) >= 11 is 0. The summed E-state index contributed by atoms with van der Waals surface area (Å²) in [7, 11) is 0. The first kappa shape index (κ1) is 21.0. The third-order valence-corrected chi connectivity index (χ3v) is 5.20. The number of aliphatic imine (C=N–C) groups is 1. The number of allylic oxidation sites excluding steroid dienone is 2. The van der Waals surface area contributed by atoms with Gasteiger partial charge in [-0.25, -0.2) is 4.98 Å². The smallest absolute Gasteiger partial charge is 0.225 e. The number of rotatable bonds is 8. The predicted molar refractivity (Wildman–Crippen MR) is 120 cm³/mol. The average molecular weight is 394 g/mol. The van der Waals surface area contributed by atoms with Crippen molar-refractivity contribution < 1.29 is 5.11 Å². The minimum atomic E-state index is -0.493. The van der Waals surface area contributed by atoms with Crippen LogP contribution < -0.4 is 10.6 Å². The Morgan fingerprint density at radius 3 is 2.52 bits per heavy atom. The summed E-state index contributed by atoms with van der Waals surface area (Å²) in [6.07, 6.45) is 4.93. The molecule has 0 radical (unpaired) electrons. The van der Waals surface area contributed by atoms with Crippen molar-refractivity contribution in [1.29, 1.82) is 0 Å². The van der Waals surface area contributed by atoms with Gasteiger partial charge < -0.3 is 15.7 Å². The summed E-state index contributed by atoms with van der Waals surface area (Å²) in [5, 5.41) is 16.8. The monoisotopic (exact) mass is 393 g/mol. The van der Waals surface area contributed by atoms with E-state index in [1.807, 2.05) is 31.3 Å². The van der Waals surface area contributed by atoms with Gasteiger partial charge in [0, 0.05) is 19.2 Å². The van der Waals surface area contributed by atoms with Crippen molar-refractivity contribution in [3.8, 4) is 0 Å². The van der Waals surface area contributed by atoms with Gasteiger partial charge in [0.15, 0.2) is 5.82 Å². The van der Waals surface area contributed by atoms with Crippen LogP contribution in [0.5, 0.6) is 0 Å². The third-order valence-electron chi connectivity index (χ3n) is 5.20. The maximum Gasteiger partial charge on any atom is 0.225 e. The fourth-order valence-corrected chi connectivity index (χ4v) is 3.32. The SMILES string of the molecule is CCC(Nc1nc2c(c(NCc3ccccc3)n1)N=CC=C(C(C)C)C2)[C@H](C)O. The van der Waals surface area contributed by atoms with Gasteiger partial charge >= 0.3 is 0 Å². The number of aliphatic hydroxyl groups excluding tert-OH is 1. The minimum Gasteiger partial charge on any atom is -0.391 e. The number of aromatic nitrogens is 2. The fourth-order valence-electron chi connectivity index (χ4n) is 3.32. The van der Waals surface area contributed by atoms with Gasteiger partial charge in [-0.05, 0) is 30.9 Å². The molecule has 2 heterocycles. The van der Waals surface area contributed by atoms with Gasteiger partial charge in [0.25, 0.3) is 0 Å². The maximum absolute atomic E-state index is 10.0. The lowest BCUT2D eigenvalue weighted by molar-refractivity contribution is 0.169. The van der Waals surface area contributed by atoms with Gasteiger partial charge in [-0.1, -0.05) is 56.7 Å². The maximum atomic E-state index is 10.0. The molecule has 3 rings (SSSR count). The van der Waals surface area contributed by atoms with Gasteiger partial charge in [-0.2, -0.15) is 4.98 Å². The van der Waals surface area contributed by atoms with E-state index in [1.54, 1.807) is 6.92 Å². The molecule has 29 heavy (non-hydrogen) atoms. The Bertz CT molecular complexity index is 874. The molecule has 0 saturated carbocycles. The molecule has 2 aromatic rings. The van der Waals surface area contributed by atoms with E-state index in [-0.39, 0.29) is 6.04 Å². The van der Waals surface area contributed by atoms with E-state index < -0.39 is 6.10 Å². The van der Waals surface area contributed by atoms with E-state index in [9.17, 15) is 5.11 Å². The first-order chi connectivity index (χ1) is 14.0. The Hall–Kier alpha value is -2.73. The molecule has 0 fully saturated rings. The van der Waals surface area contributed by atoms with Crippen molar-refractivity contribution in [3.05, 3.63) is 53.2 Å². The summed E-state index contributed by atoms with van der Waals surface area (Å²) in [5.41, 5.74) is 4.13. The standard InChI is InChI=1S/C23H31N5O/c1-5-19(16(4)29)26-23-27-20-13-18(15(2)3)11-12-24-21(20)22(28-23)25-14-17-9-7-6-8-10-17/h6-12,15-16,19,29H,5,13-14H2,1-4H3,(H2,25,26,27,28)/t16-,19?/m0/s1. The molecular formula is C23H31N5O. The molecule has 1 aromatic heterocycles. The highest BCUT2D eigenvalue weighted by atomic mass is 16.3. The first-order valence-electron chi connectivity index (χ1n) is 10.3. The number of nitrogens with one attached hydrogen (secondary N) is 2. The van der Waals surface area contributed by atoms with Crippen molar-refractivity contribution in [2.45, 2.75) is 59.2 Å². The van der Waals surface area contributed by atoms with Crippen molar-refractivity contribution >= 4 is 23.7 Å². The molecule has 154 valence electrons. The van der Waals surface area contributed by atoms with Gasteiger partial charge in [0.2, 0.25) is 5.95 Å². The number of fused-ring (bicyclic) bond motifs is 1. The summed E-state index contributed by atoms with van der Waals surface area (Å²) < 4.78 is 0. The molecule has 1 aliphatic rings. The Balaban J connectivity index is 1.94. The van der Waals surface area contributed by atoms with Crippen molar-refractivity contribution in [1.82, 2.24) is 9.97 Å². The molecule has 0 saturated heterocycles. The number of benzene rings is 1. The summed E-state index contributed by atoms with van der Waals surface area (Å²) in [6, 6.07) is 10.1. The van der Waals surface area contributed by atoms with E-state index in [0.29, 0.717) is 24.2 Å². The first-order valence-corrected chi connectivity index (χ1v) is 10.3. The second-order valence-electron chi connectivity index (χ2n) is 7.78. The highest BCUT2D eigenvalue weighted by Gasteiger charge is 2.20. The lowest BCUT2D eigenvalue weighted by Crippen LogP contribution is -2.31. The summed E-state index contributed by atoms with van der Waals surface area (Å²) in [5.74, 6) is 1.64. The zero-order valence-corrected chi connectivity index (χ0v) is 17.7. The van der Waals surface area contributed by atoms with Gasteiger partial charge in [0.1, 0.15) is 5.69 Å². The Kier molecular flexibility index (Phi) is 6.99. The van der Waals surface area contributed by atoms with E-state index >= 15 is 0 Å². The molecule has 0 bridgehead atoms. The van der Waals surface area contributed by atoms with Crippen LogP contribution in [0.4, 0.5) is 17.5 Å². The molecule has 1 unspecified atom stereocenters. The van der Waals surface area contributed by atoms with Crippen LogP contribution in [0.15, 0.2) is 47.0 Å². The zero-order valence-electron chi connectivity index (χ0n) is 17.7. The Morgan fingerprint density at radius 1 is 1.10 bits per heavy atom. The van der Waals surface area contributed by atoms with Crippen LogP contribution in [-0.4, -0.2) is 33.4 Å². The lowest BCUT2D eigenvalue weighted by atomic mass is 9.98. The van der Waals surface area contributed by atoms with Gasteiger partial charge in [-0.15, -0.1) is 0 Å². The Labute approximate surface area is 173 Å². The van der Waals surface area contributed by atoms with E-state index in [4.69, 9.17) is 9.97 Å². The van der Waals surface area contributed by atoms with Gasteiger partial charge in [0.05, 0.1) is 17.8 Å². The van der Waals surface area contributed by atoms with Gasteiger partial charge in [-0.3, -0.25) is 4.99 Å². The normalized spacial score (nSPS) is 15.3. The molecule has 1 aromatic carbocycles. The van der Waals surface area contributed by atoms with Crippen molar-refractivity contribution in [3.63, 3.8) is 0 Å². The number of aliphatic hydroxyl groups is 1. The molecule has 3 N–H and O–H groups in total. The van der Waals surface area contributed by atoms with Crippen molar-refractivity contribution in [2.24, 2.45) is 10.9 Å². The van der Waals surface area contributed by atoms with Crippen LogP contribution in [0.3, 0.4) is 0 Å². The molecule has 0 aliphatic carbocycles. The molecule has 0 amide bonds. The van der Waals surface area contributed by atoms with Crippen LogP contribution in [0.2, 0.25) is 0 Å². The number of hydrogen-bond acceptors (Lipinski definition) is 6.